The van der Waals surface area contributed by atoms with Gasteiger partial charge in [0.05, 0.1) is 30.1 Å². The van der Waals surface area contributed by atoms with E-state index in [1.54, 1.807) is 6.20 Å². The number of rotatable bonds is 6. The molecule has 0 aromatic carbocycles. The second-order valence-electron chi connectivity index (χ2n) is 9.65. The maximum Gasteiger partial charge on any atom is 0.284 e. The summed E-state index contributed by atoms with van der Waals surface area (Å²) in [7, 11) is 0. The zero-order valence-corrected chi connectivity index (χ0v) is 19.1. The number of amides is 1. The van der Waals surface area contributed by atoms with Crippen LogP contribution in [0.4, 0.5) is 20.3 Å². The van der Waals surface area contributed by atoms with Gasteiger partial charge in [0.25, 0.3) is 12.3 Å². The predicted octanol–water partition coefficient (Wildman–Crippen LogP) is 2.82. The molecule has 3 aliphatic heterocycles. The van der Waals surface area contributed by atoms with Crippen molar-refractivity contribution in [3.63, 3.8) is 0 Å². The van der Waals surface area contributed by atoms with Crippen LogP contribution in [0.2, 0.25) is 0 Å². The fourth-order valence-corrected chi connectivity index (χ4v) is 5.37. The molecule has 0 radical (unpaired) electrons. The van der Waals surface area contributed by atoms with E-state index in [4.69, 9.17) is 4.74 Å². The van der Waals surface area contributed by atoms with E-state index in [0.29, 0.717) is 5.65 Å². The molecule has 2 N–H and O–H groups in total. The molecular formula is C23H27F2N7O3. The van der Waals surface area contributed by atoms with Gasteiger partial charge in [0.15, 0.2) is 11.3 Å². The number of aromatic nitrogens is 5. The minimum Gasteiger partial charge on any atom is -0.396 e. The maximum atomic E-state index is 13.8. The normalized spacial score (nSPS) is 26.2. The van der Waals surface area contributed by atoms with Crippen LogP contribution in [0, 0.1) is 5.92 Å². The lowest BCUT2D eigenvalue weighted by Gasteiger charge is -2.47. The summed E-state index contributed by atoms with van der Waals surface area (Å²) in [5, 5.41) is 20.3. The number of hydrogen-bond acceptors (Lipinski definition) is 7. The predicted molar refractivity (Wildman–Crippen MR) is 122 cm³/mol. The van der Waals surface area contributed by atoms with Crippen molar-refractivity contribution in [3.8, 4) is 0 Å². The molecule has 3 aromatic rings. The molecule has 7 rings (SSSR count). The number of carbonyl (C=O) groups is 1. The van der Waals surface area contributed by atoms with Crippen molar-refractivity contribution < 1.29 is 23.4 Å². The van der Waals surface area contributed by atoms with E-state index in [1.807, 2.05) is 6.07 Å². The first-order chi connectivity index (χ1) is 17.0. The number of nitrogens with zero attached hydrogens (tertiary/aromatic N) is 6. The molecule has 1 amide bonds. The third kappa shape index (κ3) is 4.14. The molecule has 4 fully saturated rings. The van der Waals surface area contributed by atoms with Crippen LogP contribution in [0.15, 0.2) is 24.7 Å². The summed E-state index contributed by atoms with van der Waals surface area (Å²) in [6.07, 6.45) is 6.37. The minimum absolute atomic E-state index is 0.0157. The van der Waals surface area contributed by atoms with Crippen LogP contribution in [0.1, 0.15) is 60.6 Å². The Hall–Kier alpha value is -3.12. The molecule has 1 saturated carbocycles. The lowest BCUT2D eigenvalue weighted by molar-refractivity contribution is -0.133. The molecule has 10 nitrogen and oxygen atoms in total. The largest absolute Gasteiger partial charge is 0.396 e. The van der Waals surface area contributed by atoms with Gasteiger partial charge >= 0.3 is 0 Å². The molecule has 2 bridgehead atoms. The van der Waals surface area contributed by atoms with Gasteiger partial charge in [0.1, 0.15) is 11.4 Å². The van der Waals surface area contributed by atoms with Crippen molar-refractivity contribution in [2.75, 3.05) is 29.9 Å². The van der Waals surface area contributed by atoms with Crippen LogP contribution in [-0.4, -0.2) is 67.3 Å². The maximum absolute atomic E-state index is 13.8. The van der Waals surface area contributed by atoms with Crippen molar-refractivity contribution in [3.05, 3.63) is 35.9 Å². The Balaban J connectivity index is 1.23. The van der Waals surface area contributed by atoms with Gasteiger partial charge in [0, 0.05) is 38.5 Å². The molecule has 6 heterocycles. The quantitative estimate of drug-likeness (QED) is 0.550. The van der Waals surface area contributed by atoms with Crippen molar-refractivity contribution >= 4 is 23.1 Å². The second-order valence-corrected chi connectivity index (χ2v) is 9.65. The number of piperidine rings is 1. The van der Waals surface area contributed by atoms with Gasteiger partial charge in [-0.1, -0.05) is 0 Å². The van der Waals surface area contributed by atoms with Gasteiger partial charge in [-0.3, -0.25) is 9.48 Å². The van der Waals surface area contributed by atoms with E-state index in [1.165, 1.54) is 21.6 Å². The van der Waals surface area contributed by atoms with Crippen molar-refractivity contribution in [1.82, 2.24) is 24.4 Å². The molecule has 4 aliphatic rings. The molecular weight excluding hydrogens is 460 g/mol. The highest BCUT2D eigenvalue weighted by Gasteiger charge is 2.39. The minimum atomic E-state index is -2.83. The van der Waals surface area contributed by atoms with E-state index in [9.17, 15) is 18.7 Å². The molecule has 12 heteroatoms. The number of hydrogen-bond donors (Lipinski definition) is 2. The highest BCUT2D eigenvalue weighted by atomic mass is 19.3. The molecule has 1 aliphatic carbocycles. The summed E-state index contributed by atoms with van der Waals surface area (Å²) in [6.45, 7) is 1.62. The number of carbonyl (C=O) groups excluding carboxylic acids is 1. The number of morpholine rings is 1. The lowest BCUT2D eigenvalue weighted by atomic mass is 9.87. The van der Waals surface area contributed by atoms with Crippen LogP contribution >= 0.6 is 0 Å². The first kappa shape index (κ1) is 22.4. The highest BCUT2D eigenvalue weighted by molar-refractivity contribution is 6.08. The SMILES string of the molecule is O=C(Nc1cn(C2CCC(CO)CC2)nc1C(F)F)c1cnn2ccc(N3CC4CC(C3)O4)nc12. The molecule has 3 aromatic heterocycles. The van der Waals surface area contributed by atoms with Gasteiger partial charge in [-0.05, 0) is 37.7 Å². The summed E-state index contributed by atoms with van der Waals surface area (Å²) < 4.78 is 36.2. The average molecular weight is 488 g/mol. The van der Waals surface area contributed by atoms with Crippen LogP contribution in [-0.2, 0) is 4.74 Å². The number of aliphatic hydroxyl groups is 1. The number of anilines is 2. The Bertz CT molecular complexity index is 1220. The Morgan fingerprint density at radius 1 is 1.23 bits per heavy atom. The Labute approximate surface area is 199 Å². The topological polar surface area (TPSA) is 110 Å². The smallest absolute Gasteiger partial charge is 0.284 e. The van der Waals surface area contributed by atoms with E-state index in [2.05, 4.69) is 25.4 Å². The Kier molecular flexibility index (Phi) is 5.64. The average Bonchev–Trinajstić information content (AvgIpc) is 3.48. The van der Waals surface area contributed by atoms with Gasteiger partial charge in [-0.25, -0.2) is 18.3 Å². The van der Waals surface area contributed by atoms with Crippen LogP contribution in [0.5, 0.6) is 0 Å². The van der Waals surface area contributed by atoms with Crippen molar-refractivity contribution in [2.45, 2.75) is 56.8 Å². The van der Waals surface area contributed by atoms with E-state index < -0.39 is 18.0 Å². The van der Waals surface area contributed by atoms with E-state index in [0.717, 1.165) is 51.0 Å². The van der Waals surface area contributed by atoms with Crippen LogP contribution in [0.25, 0.3) is 5.65 Å². The van der Waals surface area contributed by atoms with Crippen molar-refractivity contribution in [2.24, 2.45) is 5.92 Å². The third-order valence-electron chi connectivity index (χ3n) is 7.35. The van der Waals surface area contributed by atoms with Crippen LogP contribution < -0.4 is 10.2 Å². The fraction of sp³-hybridized carbons (Fsp3) is 0.565. The van der Waals surface area contributed by atoms with Crippen LogP contribution in [0.3, 0.4) is 0 Å². The number of ether oxygens (including phenoxy) is 1. The standard InChI is InChI=1S/C23H27F2N7O3/c24-21(25)20-18(11-32(29-20)14-3-1-13(12-33)2-4-14)27-23(34)17-8-26-31-6-5-19(28-22(17)31)30-9-15-7-16(10-30)35-15/h5-6,8,11,13-16,21,33H,1-4,7,9-10,12H2,(H,27,34). The van der Waals surface area contributed by atoms with Gasteiger partial charge < -0.3 is 20.1 Å². The zero-order valence-electron chi connectivity index (χ0n) is 19.1. The molecule has 186 valence electrons. The van der Waals surface area contributed by atoms with Gasteiger partial charge in [0.2, 0.25) is 0 Å². The van der Waals surface area contributed by atoms with Gasteiger partial charge in [-0.15, -0.1) is 0 Å². The number of halogens is 2. The third-order valence-corrected chi connectivity index (χ3v) is 7.35. The summed E-state index contributed by atoms with van der Waals surface area (Å²) in [4.78, 5) is 19.9. The number of nitrogens with one attached hydrogen (secondary N) is 1. The summed E-state index contributed by atoms with van der Waals surface area (Å²) in [5.74, 6) is 0.399. The number of fused-ring (bicyclic) bond motifs is 3. The fourth-order valence-electron chi connectivity index (χ4n) is 5.37. The van der Waals surface area contributed by atoms with E-state index >= 15 is 0 Å². The number of alkyl halides is 2. The first-order valence-electron chi connectivity index (χ1n) is 12.0. The van der Waals surface area contributed by atoms with E-state index in [-0.39, 0.29) is 42.0 Å². The Morgan fingerprint density at radius 2 is 1.97 bits per heavy atom. The first-order valence-corrected chi connectivity index (χ1v) is 12.0. The number of aliphatic hydroxyl groups excluding tert-OH is 1. The molecule has 3 saturated heterocycles. The molecule has 2 atom stereocenters. The lowest BCUT2D eigenvalue weighted by Crippen LogP contribution is -2.57. The molecule has 0 spiro atoms. The monoisotopic (exact) mass is 487 g/mol. The van der Waals surface area contributed by atoms with Crippen molar-refractivity contribution in [1.29, 1.82) is 0 Å². The van der Waals surface area contributed by atoms with Gasteiger partial charge in [-0.2, -0.15) is 10.2 Å². The summed E-state index contributed by atoms with van der Waals surface area (Å²) >= 11 is 0. The second kappa shape index (κ2) is 8.83. The Morgan fingerprint density at radius 3 is 2.66 bits per heavy atom. The summed E-state index contributed by atoms with van der Waals surface area (Å²) in [5.41, 5.74) is 0.0773. The highest BCUT2D eigenvalue weighted by Crippen LogP contribution is 2.35. The molecule has 2 unspecified atom stereocenters. The molecule has 35 heavy (non-hydrogen) atoms. The summed E-state index contributed by atoms with van der Waals surface area (Å²) in [6, 6.07) is 1.80. The zero-order chi connectivity index (χ0) is 24.1.